The Morgan fingerprint density at radius 3 is 2.65 bits per heavy atom. The molecule has 0 bridgehead atoms. The first-order valence-corrected chi connectivity index (χ1v) is 9.19. The number of hydrogen-bond acceptors (Lipinski definition) is 4. The van der Waals surface area contributed by atoms with Gasteiger partial charge in [0.1, 0.15) is 17.3 Å². The number of hydrogen-bond donors (Lipinski definition) is 0. The predicted octanol–water partition coefficient (Wildman–Crippen LogP) is 3.36. The average molecular weight is 353 g/mol. The van der Waals surface area contributed by atoms with Gasteiger partial charge >= 0.3 is 0 Å². The highest BCUT2D eigenvalue weighted by atomic mass is 16.5. The SMILES string of the molecule is COc1ccc2c(c1)CCN(C(=O)c1c(C)oc3c1C(=O)CCC3)CC2. The maximum atomic E-state index is 13.2. The first-order valence-electron chi connectivity index (χ1n) is 9.19. The van der Waals surface area contributed by atoms with Crippen LogP contribution in [0.5, 0.6) is 5.75 Å². The van der Waals surface area contributed by atoms with Gasteiger partial charge in [0.2, 0.25) is 0 Å². The first kappa shape index (κ1) is 16.9. The van der Waals surface area contributed by atoms with Crippen molar-refractivity contribution < 1.29 is 18.7 Å². The Labute approximate surface area is 152 Å². The minimum Gasteiger partial charge on any atom is -0.497 e. The number of furan rings is 1. The summed E-state index contributed by atoms with van der Waals surface area (Å²) < 4.78 is 11.1. The third kappa shape index (κ3) is 2.81. The molecule has 5 nitrogen and oxygen atoms in total. The quantitative estimate of drug-likeness (QED) is 0.831. The minimum absolute atomic E-state index is 0.0364. The molecular formula is C21H23NO4. The summed E-state index contributed by atoms with van der Waals surface area (Å²) in [4.78, 5) is 27.4. The fraction of sp³-hybridized carbons (Fsp3) is 0.429. The van der Waals surface area contributed by atoms with Crippen LogP contribution in [0.3, 0.4) is 0 Å². The van der Waals surface area contributed by atoms with Crippen LogP contribution in [0.15, 0.2) is 22.6 Å². The molecule has 0 N–H and O–H groups in total. The van der Waals surface area contributed by atoms with Crippen LogP contribution < -0.4 is 4.74 Å². The Morgan fingerprint density at radius 1 is 1.12 bits per heavy atom. The summed E-state index contributed by atoms with van der Waals surface area (Å²) in [6, 6.07) is 6.10. The topological polar surface area (TPSA) is 59.8 Å². The summed E-state index contributed by atoms with van der Waals surface area (Å²) in [6.45, 7) is 3.06. The molecule has 0 saturated heterocycles. The molecule has 2 aliphatic rings. The molecule has 0 spiro atoms. The third-order valence-electron chi connectivity index (χ3n) is 5.46. The number of rotatable bonds is 2. The molecule has 1 aromatic heterocycles. The van der Waals surface area contributed by atoms with Gasteiger partial charge < -0.3 is 14.1 Å². The van der Waals surface area contributed by atoms with Crippen molar-refractivity contribution >= 4 is 11.7 Å². The van der Waals surface area contributed by atoms with E-state index in [1.807, 2.05) is 11.0 Å². The van der Waals surface area contributed by atoms with Crippen molar-refractivity contribution in [3.63, 3.8) is 0 Å². The number of amides is 1. The Kier molecular flexibility index (Phi) is 4.31. The van der Waals surface area contributed by atoms with Gasteiger partial charge in [-0.1, -0.05) is 6.07 Å². The number of carbonyl (C=O) groups is 2. The second-order valence-electron chi connectivity index (χ2n) is 7.03. The molecule has 26 heavy (non-hydrogen) atoms. The van der Waals surface area contributed by atoms with Crippen LogP contribution in [0.4, 0.5) is 0 Å². The smallest absolute Gasteiger partial charge is 0.258 e. The standard InChI is InChI=1S/C21H23NO4/c1-13-19(20-17(23)4-3-5-18(20)26-13)21(24)22-10-8-14-6-7-16(25-2)12-15(14)9-11-22/h6-7,12H,3-5,8-11H2,1-2H3. The number of nitrogens with zero attached hydrogens (tertiary/aromatic N) is 1. The van der Waals surface area contributed by atoms with Gasteiger partial charge in [-0.2, -0.15) is 0 Å². The van der Waals surface area contributed by atoms with Crippen molar-refractivity contribution in [2.75, 3.05) is 20.2 Å². The number of fused-ring (bicyclic) bond motifs is 2. The van der Waals surface area contributed by atoms with Crippen molar-refractivity contribution in [1.29, 1.82) is 0 Å². The summed E-state index contributed by atoms with van der Waals surface area (Å²) >= 11 is 0. The van der Waals surface area contributed by atoms with Crippen LogP contribution in [0.2, 0.25) is 0 Å². The van der Waals surface area contributed by atoms with E-state index in [4.69, 9.17) is 9.15 Å². The summed E-state index contributed by atoms with van der Waals surface area (Å²) in [6.07, 6.45) is 3.62. The molecule has 0 radical (unpaired) electrons. The number of carbonyl (C=O) groups excluding carboxylic acids is 2. The largest absolute Gasteiger partial charge is 0.497 e. The zero-order valence-electron chi connectivity index (χ0n) is 15.3. The molecule has 2 heterocycles. The van der Waals surface area contributed by atoms with Crippen molar-refractivity contribution in [3.8, 4) is 5.75 Å². The molecular weight excluding hydrogens is 330 g/mol. The van der Waals surface area contributed by atoms with Crippen LogP contribution in [-0.2, 0) is 19.3 Å². The van der Waals surface area contributed by atoms with Gasteiger partial charge in [0.15, 0.2) is 5.78 Å². The van der Waals surface area contributed by atoms with E-state index in [-0.39, 0.29) is 11.7 Å². The molecule has 5 heteroatoms. The van der Waals surface area contributed by atoms with Gasteiger partial charge in [-0.05, 0) is 49.4 Å². The maximum Gasteiger partial charge on any atom is 0.258 e. The highest BCUT2D eigenvalue weighted by Crippen LogP contribution is 2.31. The zero-order chi connectivity index (χ0) is 18.3. The van der Waals surface area contributed by atoms with E-state index in [0.717, 1.165) is 31.4 Å². The number of ether oxygens (including phenoxy) is 1. The summed E-state index contributed by atoms with van der Waals surface area (Å²) in [5.74, 6) is 2.05. The monoisotopic (exact) mass is 353 g/mol. The Morgan fingerprint density at radius 2 is 1.88 bits per heavy atom. The van der Waals surface area contributed by atoms with Gasteiger partial charge in [0.25, 0.3) is 5.91 Å². The number of Topliss-reactive ketones (excluding diaryl/α,β-unsaturated/α-hetero) is 1. The fourth-order valence-corrected chi connectivity index (χ4v) is 4.05. The van der Waals surface area contributed by atoms with Crippen LogP contribution in [0, 0.1) is 6.92 Å². The molecule has 2 aromatic rings. The Bertz CT molecular complexity index is 880. The van der Waals surface area contributed by atoms with Gasteiger partial charge in [-0.25, -0.2) is 0 Å². The molecule has 0 atom stereocenters. The van der Waals surface area contributed by atoms with E-state index in [2.05, 4.69) is 12.1 Å². The third-order valence-corrected chi connectivity index (χ3v) is 5.46. The number of benzene rings is 1. The molecule has 0 fully saturated rings. The molecule has 4 rings (SSSR count). The minimum atomic E-state index is -0.0810. The number of aryl methyl sites for hydroxylation is 2. The van der Waals surface area contributed by atoms with E-state index < -0.39 is 0 Å². The van der Waals surface area contributed by atoms with Crippen LogP contribution >= 0.6 is 0 Å². The van der Waals surface area contributed by atoms with Crippen molar-refractivity contribution in [1.82, 2.24) is 4.90 Å². The molecule has 136 valence electrons. The number of ketones is 1. The summed E-state index contributed by atoms with van der Waals surface area (Å²) in [5.41, 5.74) is 3.49. The van der Waals surface area contributed by atoms with Crippen molar-refractivity contribution in [2.45, 2.75) is 39.0 Å². The molecule has 1 amide bonds. The molecule has 0 saturated carbocycles. The van der Waals surface area contributed by atoms with E-state index >= 15 is 0 Å². The Balaban J connectivity index is 1.61. The van der Waals surface area contributed by atoms with E-state index in [9.17, 15) is 9.59 Å². The first-order chi connectivity index (χ1) is 12.6. The van der Waals surface area contributed by atoms with Gasteiger partial charge in [0, 0.05) is 25.9 Å². The Hall–Kier alpha value is -2.56. The van der Waals surface area contributed by atoms with E-state index in [0.29, 0.717) is 42.2 Å². The normalized spacial score (nSPS) is 16.7. The molecule has 0 unspecified atom stereocenters. The molecule has 1 aromatic carbocycles. The lowest BCUT2D eigenvalue weighted by Gasteiger charge is -2.21. The lowest BCUT2D eigenvalue weighted by atomic mass is 9.93. The lowest BCUT2D eigenvalue weighted by Crippen LogP contribution is -2.34. The van der Waals surface area contributed by atoms with Gasteiger partial charge in [-0.15, -0.1) is 0 Å². The van der Waals surface area contributed by atoms with Crippen LogP contribution in [0.25, 0.3) is 0 Å². The fourth-order valence-electron chi connectivity index (χ4n) is 4.05. The van der Waals surface area contributed by atoms with Crippen LogP contribution in [-0.4, -0.2) is 36.8 Å². The maximum absolute atomic E-state index is 13.2. The van der Waals surface area contributed by atoms with Crippen molar-refractivity contribution in [2.24, 2.45) is 0 Å². The second kappa shape index (κ2) is 6.63. The highest BCUT2D eigenvalue weighted by Gasteiger charge is 2.33. The van der Waals surface area contributed by atoms with Gasteiger partial charge in [-0.3, -0.25) is 9.59 Å². The van der Waals surface area contributed by atoms with Gasteiger partial charge in [0.05, 0.1) is 18.2 Å². The number of methoxy groups -OCH3 is 1. The summed E-state index contributed by atoms with van der Waals surface area (Å²) in [5, 5.41) is 0. The summed E-state index contributed by atoms with van der Waals surface area (Å²) in [7, 11) is 1.66. The lowest BCUT2D eigenvalue weighted by molar-refractivity contribution is 0.0756. The highest BCUT2D eigenvalue weighted by molar-refractivity contribution is 6.10. The van der Waals surface area contributed by atoms with Crippen molar-refractivity contribution in [3.05, 3.63) is 52.0 Å². The molecule has 1 aliphatic carbocycles. The zero-order valence-corrected chi connectivity index (χ0v) is 15.3. The molecule has 1 aliphatic heterocycles. The van der Waals surface area contributed by atoms with Crippen LogP contribution in [0.1, 0.15) is 56.2 Å². The van der Waals surface area contributed by atoms with E-state index in [1.165, 1.54) is 11.1 Å². The van der Waals surface area contributed by atoms with E-state index in [1.54, 1.807) is 14.0 Å². The second-order valence-corrected chi connectivity index (χ2v) is 7.03. The predicted molar refractivity (Wildman–Crippen MR) is 97.0 cm³/mol. The average Bonchev–Trinajstić information content (AvgIpc) is 2.84.